The first-order chi connectivity index (χ1) is 10.7. The molecule has 3 nitrogen and oxygen atoms in total. The number of ether oxygens (including phenoxy) is 1. The summed E-state index contributed by atoms with van der Waals surface area (Å²) in [6.07, 6.45) is 0. The first-order valence-electron chi connectivity index (χ1n) is 7.32. The molecule has 0 bridgehead atoms. The molecule has 0 fully saturated rings. The van der Waals surface area contributed by atoms with Crippen LogP contribution >= 0.6 is 0 Å². The van der Waals surface area contributed by atoms with Gasteiger partial charge in [0.05, 0.1) is 12.2 Å². The van der Waals surface area contributed by atoms with Crippen LogP contribution < -0.4 is 5.73 Å². The number of rotatable bonds is 2. The van der Waals surface area contributed by atoms with E-state index in [2.05, 4.69) is 12.1 Å². The molecule has 0 heterocycles. The van der Waals surface area contributed by atoms with Crippen molar-refractivity contribution in [3.63, 3.8) is 0 Å². The summed E-state index contributed by atoms with van der Waals surface area (Å²) in [6.45, 7) is 2.19. The summed E-state index contributed by atoms with van der Waals surface area (Å²) in [5.41, 5.74) is 7.32. The highest BCUT2D eigenvalue weighted by atomic mass is 16.5. The topological polar surface area (TPSA) is 52.3 Å². The van der Waals surface area contributed by atoms with Crippen LogP contribution in [0, 0.1) is 0 Å². The Bertz CT molecular complexity index is 953. The fourth-order valence-corrected chi connectivity index (χ4v) is 3.19. The Morgan fingerprint density at radius 3 is 1.82 bits per heavy atom. The Kier molecular flexibility index (Phi) is 2.70. The summed E-state index contributed by atoms with van der Waals surface area (Å²) in [6, 6.07) is 15.9. The average Bonchev–Trinajstić information content (AvgIpc) is 2.52. The highest BCUT2D eigenvalue weighted by Gasteiger charge is 2.13. The second kappa shape index (κ2) is 4.60. The van der Waals surface area contributed by atoms with Crippen LogP contribution in [0.25, 0.3) is 32.3 Å². The molecule has 0 atom stereocenters. The van der Waals surface area contributed by atoms with Gasteiger partial charge in [-0.1, -0.05) is 24.3 Å². The second-order valence-corrected chi connectivity index (χ2v) is 5.49. The number of esters is 1. The van der Waals surface area contributed by atoms with Gasteiger partial charge in [0, 0.05) is 5.69 Å². The van der Waals surface area contributed by atoms with Crippen LogP contribution in [0.4, 0.5) is 5.69 Å². The second-order valence-electron chi connectivity index (χ2n) is 5.49. The first-order valence-corrected chi connectivity index (χ1v) is 7.32. The lowest BCUT2D eigenvalue weighted by Crippen LogP contribution is -2.04. The van der Waals surface area contributed by atoms with E-state index in [4.69, 9.17) is 10.5 Å². The van der Waals surface area contributed by atoms with Crippen molar-refractivity contribution in [2.45, 2.75) is 6.92 Å². The minimum Gasteiger partial charge on any atom is -0.462 e. The summed E-state index contributed by atoms with van der Waals surface area (Å²) in [5, 5.41) is 6.70. The third-order valence-electron chi connectivity index (χ3n) is 4.07. The van der Waals surface area contributed by atoms with Crippen molar-refractivity contribution in [1.29, 1.82) is 0 Å². The largest absolute Gasteiger partial charge is 0.462 e. The molecule has 0 aliphatic rings. The maximum Gasteiger partial charge on any atom is 0.338 e. The molecule has 4 aromatic carbocycles. The normalized spacial score (nSPS) is 11.5. The maximum atomic E-state index is 12.0. The zero-order valence-electron chi connectivity index (χ0n) is 12.2. The van der Waals surface area contributed by atoms with E-state index < -0.39 is 0 Å². The smallest absolute Gasteiger partial charge is 0.338 e. The quantitative estimate of drug-likeness (QED) is 0.339. The molecule has 0 aliphatic carbocycles. The van der Waals surface area contributed by atoms with E-state index >= 15 is 0 Å². The molecule has 0 amide bonds. The van der Waals surface area contributed by atoms with Crippen molar-refractivity contribution in [3.8, 4) is 0 Å². The molecule has 0 saturated heterocycles. The van der Waals surface area contributed by atoms with Crippen LogP contribution in [-0.2, 0) is 4.74 Å². The monoisotopic (exact) mass is 289 g/mol. The molecule has 0 aromatic heterocycles. The maximum absolute atomic E-state index is 12.0. The fourth-order valence-electron chi connectivity index (χ4n) is 3.19. The SMILES string of the molecule is CCOC(=O)c1cc2ccc3cc(N)cc4ccc(c1)c2c34. The molecule has 3 heteroatoms. The molecule has 0 radical (unpaired) electrons. The van der Waals surface area contributed by atoms with E-state index in [0.717, 1.165) is 27.2 Å². The van der Waals surface area contributed by atoms with E-state index in [0.29, 0.717) is 12.2 Å². The van der Waals surface area contributed by atoms with Gasteiger partial charge in [-0.25, -0.2) is 4.79 Å². The molecule has 0 unspecified atom stereocenters. The summed E-state index contributed by atoms with van der Waals surface area (Å²) < 4.78 is 5.12. The lowest BCUT2D eigenvalue weighted by Gasteiger charge is -2.12. The Balaban J connectivity index is 2.10. The van der Waals surface area contributed by atoms with Gasteiger partial charge in [0.15, 0.2) is 0 Å². The van der Waals surface area contributed by atoms with Gasteiger partial charge in [0.1, 0.15) is 0 Å². The van der Waals surface area contributed by atoms with Gasteiger partial charge in [-0.3, -0.25) is 0 Å². The average molecular weight is 289 g/mol. The zero-order valence-corrected chi connectivity index (χ0v) is 12.2. The highest BCUT2D eigenvalue weighted by Crippen LogP contribution is 2.36. The van der Waals surface area contributed by atoms with Crippen LogP contribution in [0.1, 0.15) is 17.3 Å². The number of anilines is 1. The van der Waals surface area contributed by atoms with Crippen molar-refractivity contribution in [3.05, 3.63) is 54.1 Å². The van der Waals surface area contributed by atoms with Gasteiger partial charge >= 0.3 is 5.97 Å². The van der Waals surface area contributed by atoms with Crippen LogP contribution in [0.3, 0.4) is 0 Å². The first kappa shape index (κ1) is 12.9. The van der Waals surface area contributed by atoms with Gasteiger partial charge in [-0.15, -0.1) is 0 Å². The summed E-state index contributed by atoms with van der Waals surface area (Å²) in [4.78, 5) is 12.0. The Morgan fingerprint density at radius 2 is 1.36 bits per heavy atom. The molecule has 0 spiro atoms. The number of hydrogen-bond acceptors (Lipinski definition) is 3. The molecule has 4 rings (SSSR count). The molecular formula is C19H15NO2. The Hall–Kier alpha value is -2.81. The number of hydrogen-bond donors (Lipinski definition) is 1. The van der Waals surface area contributed by atoms with Gasteiger partial charge in [0.2, 0.25) is 0 Å². The Morgan fingerprint density at radius 1 is 0.909 bits per heavy atom. The van der Waals surface area contributed by atoms with Gasteiger partial charge in [-0.05, 0) is 63.5 Å². The number of carbonyl (C=O) groups is 1. The number of nitrogens with two attached hydrogens (primary N) is 1. The summed E-state index contributed by atoms with van der Waals surface area (Å²) in [7, 11) is 0. The summed E-state index contributed by atoms with van der Waals surface area (Å²) >= 11 is 0. The van der Waals surface area contributed by atoms with E-state index in [1.165, 1.54) is 10.8 Å². The van der Waals surface area contributed by atoms with Gasteiger partial charge in [0.25, 0.3) is 0 Å². The van der Waals surface area contributed by atoms with Gasteiger partial charge < -0.3 is 10.5 Å². The third-order valence-corrected chi connectivity index (χ3v) is 4.07. The standard InChI is InChI=1S/C19H15NO2/c1-2-22-19(21)15-7-11-3-5-13-9-16(20)10-14-6-4-12(8-15)17(11)18(13)14/h3-10H,2,20H2,1H3. The zero-order chi connectivity index (χ0) is 15.3. The van der Waals surface area contributed by atoms with Crippen LogP contribution in [0.2, 0.25) is 0 Å². The van der Waals surface area contributed by atoms with Crippen molar-refractivity contribution >= 4 is 44.0 Å². The minimum atomic E-state index is -0.280. The molecule has 4 aromatic rings. The molecule has 0 aliphatic heterocycles. The lowest BCUT2D eigenvalue weighted by atomic mass is 9.92. The van der Waals surface area contributed by atoms with Crippen molar-refractivity contribution in [1.82, 2.24) is 0 Å². The Labute approximate surface area is 127 Å². The number of carbonyl (C=O) groups excluding carboxylic acids is 1. The third kappa shape index (κ3) is 1.79. The molecular weight excluding hydrogens is 274 g/mol. The fraction of sp³-hybridized carbons (Fsp3) is 0.105. The van der Waals surface area contributed by atoms with Crippen molar-refractivity contribution in [2.24, 2.45) is 0 Å². The number of nitrogen functional groups attached to an aromatic ring is 1. The van der Waals surface area contributed by atoms with Crippen molar-refractivity contribution in [2.75, 3.05) is 12.3 Å². The number of benzene rings is 4. The van der Waals surface area contributed by atoms with Crippen LogP contribution in [0.15, 0.2) is 48.5 Å². The van der Waals surface area contributed by atoms with Gasteiger partial charge in [-0.2, -0.15) is 0 Å². The molecule has 2 N–H and O–H groups in total. The van der Waals surface area contributed by atoms with E-state index in [1.54, 1.807) is 0 Å². The van der Waals surface area contributed by atoms with Crippen LogP contribution in [-0.4, -0.2) is 12.6 Å². The van der Waals surface area contributed by atoms with Crippen LogP contribution in [0.5, 0.6) is 0 Å². The molecule has 22 heavy (non-hydrogen) atoms. The van der Waals surface area contributed by atoms with E-state index in [1.807, 2.05) is 43.3 Å². The molecule has 108 valence electrons. The highest BCUT2D eigenvalue weighted by molar-refractivity contribution is 6.24. The molecule has 0 saturated carbocycles. The van der Waals surface area contributed by atoms with Crippen molar-refractivity contribution < 1.29 is 9.53 Å². The van der Waals surface area contributed by atoms with E-state index in [9.17, 15) is 4.79 Å². The minimum absolute atomic E-state index is 0.280. The van der Waals surface area contributed by atoms with E-state index in [-0.39, 0.29) is 5.97 Å². The predicted molar refractivity (Wildman–Crippen MR) is 90.5 cm³/mol. The predicted octanol–water partition coefficient (Wildman–Crippen LogP) is 4.34. The summed E-state index contributed by atoms with van der Waals surface area (Å²) in [5.74, 6) is -0.280. The lowest BCUT2D eigenvalue weighted by molar-refractivity contribution is 0.0526.